The number of ether oxygens (including phenoxy) is 2. The third-order valence-corrected chi connectivity index (χ3v) is 5.60. The molecule has 0 unspecified atom stereocenters. The quantitative estimate of drug-likeness (QED) is 0.700. The van der Waals surface area contributed by atoms with Gasteiger partial charge in [0.15, 0.2) is 6.61 Å². The van der Waals surface area contributed by atoms with Gasteiger partial charge >= 0.3 is 0 Å². The molecule has 0 spiro atoms. The van der Waals surface area contributed by atoms with Crippen LogP contribution in [0.1, 0.15) is 18.0 Å². The Bertz CT molecular complexity index is 868. The Morgan fingerprint density at radius 3 is 2.60 bits per heavy atom. The lowest BCUT2D eigenvalue weighted by atomic mass is 10.1. The summed E-state index contributed by atoms with van der Waals surface area (Å²) in [6, 6.07) is 17.4. The van der Waals surface area contributed by atoms with Crippen LogP contribution in [0.5, 0.6) is 5.75 Å². The number of fused-ring (bicyclic) bond motifs is 1. The zero-order valence-corrected chi connectivity index (χ0v) is 17.0. The molecule has 1 fully saturated rings. The summed E-state index contributed by atoms with van der Waals surface area (Å²) in [5.74, 6) is 0.489. The third-order valence-electron chi connectivity index (χ3n) is 5.60. The van der Waals surface area contributed by atoms with E-state index in [4.69, 9.17) is 9.47 Å². The summed E-state index contributed by atoms with van der Waals surface area (Å²) in [6.07, 6.45) is 0.238. The molecule has 4 rings (SSSR count). The molecule has 2 amide bonds. The smallest absolute Gasteiger partial charge is 0.265 e. The average molecular weight is 410 g/mol. The van der Waals surface area contributed by atoms with E-state index in [1.165, 1.54) is 4.90 Å². The highest BCUT2D eigenvalue weighted by molar-refractivity contribution is 5.98. The Morgan fingerprint density at radius 2 is 1.80 bits per heavy atom. The summed E-state index contributed by atoms with van der Waals surface area (Å²) in [4.78, 5) is 28.2. The first-order chi connectivity index (χ1) is 14.7. The molecule has 1 saturated heterocycles. The van der Waals surface area contributed by atoms with E-state index in [2.05, 4.69) is 5.32 Å². The number of nitrogens with one attached hydrogen (secondary N) is 2. The molecule has 0 bridgehead atoms. The number of hydrogen-bond acceptors (Lipinski definition) is 4. The van der Waals surface area contributed by atoms with Crippen LogP contribution in [0.2, 0.25) is 0 Å². The number of rotatable bonds is 7. The number of para-hydroxylation sites is 2. The van der Waals surface area contributed by atoms with Crippen LogP contribution in [0.3, 0.4) is 0 Å². The van der Waals surface area contributed by atoms with Gasteiger partial charge in [-0.25, -0.2) is 0 Å². The van der Waals surface area contributed by atoms with Crippen molar-refractivity contribution in [1.29, 1.82) is 0 Å². The number of carbonyl (C=O) groups is 2. The fourth-order valence-corrected chi connectivity index (χ4v) is 3.97. The van der Waals surface area contributed by atoms with Gasteiger partial charge in [-0.15, -0.1) is 0 Å². The summed E-state index contributed by atoms with van der Waals surface area (Å²) in [5, 5.41) is 3.19. The molecule has 2 aromatic rings. The second-order valence-electron chi connectivity index (χ2n) is 7.65. The zero-order chi connectivity index (χ0) is 20.8. The van der Waals surface area contributed by atoms with Gasteiger partial charge in [0.25, 0.3) is 5.91 Å². The van der Waals surface area contributed by atoms with E-state index in [-0.39, 0.29) is 30.9 Å². The van der Waals surface area contributed by atoms with Crippen molar-refractivity contribution in [2.75, 3.05) is 50.9 Å². The molecular weight excluding hydrogens is 382 g/mol. The Kier molecular flexibility index (Phi) is 6.61. The molecule has 2 aliphatic rings. The molecule has 2 heterocycles. The topological polar surface area (TPSA) is 72.3 Å². The summed E-state index contributed by atoms with van der Waals surface area (Å²) < 4.78 is 10.9. The van der Waals surface area contributed by atoms with Gasteiger partial charge in [0.2, 0.25) is 5.91 Å². The third kappa shape index (κ3) is 4.98. The number of quaternary nitrogens is 1. The Morgan fingerprint density at radius 1 is 1.07 bits per heavy atom. The van der Waals surface area contributed by atoms with Gasteiger partial charge in [-0.1, -0.05) is 42.5 Å². The first kappa shape index (κ1) is 20.4. The lowest BCUT2D eigenvalue weighted by molar-refractivity contribution is -0.909. The lowest BCUT2D eigenvalue weighted by Crippen LogP contribution is -3.14. The molecule has 30 heavy (non-hydrogen) atoms. The van der Waals surface area contributed by atoms with Crippen LogP contribution in [0, 0.1) is 0 Å². The van der Waals surface area contributed by atoms with E-state index in [1.807, 2.05) is 54.6 Å². The van der Waals surface area contributed by atoms with Gasteiger partial charge in [-0.05, 0) is 17.7 Å². The number of hydrogen-bond donors (Lipinski definition) is 2. The van der Waals surface area contributed by atoms with Crippen molar-refractivity contribution in [2.45, 2.75) is 12.5 Å². The van der Waals surface area contributed by atoms with Gasteiger partial charge < -0.3 is 24.6 Å². The Hall–Kier alpha value is -2.90. The molecule has 0 radical (unpaired) electrons. The molecule has 1 atom stereocenters. The molecule has 0 aliphatic carbocycles. The summed E-state index contributed by atoms with van der Waals surface area (Å²) >= 11 is 0. The molecule has 0 saturated carbocycles. The highest BCUT2D eigenvalue weighted by Gasteiger charge is 2.27. The molecule has 2 aliphatic heterocycles. The predicted molar refractivity (Wildman–Crippen MR) is 113 cm³/mol. The van der Waals surface area contributed by atoms with Gasteiger partial charge in [0.05, 0.1) is 18.9 Å². The molecule has 2 N–H and O–H groups in total. The van der Waals surface area contributed by atoms with Gasteiger partial charge in [-0.2, -0.15) is 0 Å². The van der Waals surface area contributed by atoms with Crippen molar-refractivity contribution in [1.82, 2.24) is 5.32 Å². The second kappa shape index (κ2) is 9.73. The summed E-state index contributed by atoms with van der Waals surface area (Å²) in [7, 11) is 0. The molecular formula is C23H28N3O4+. The minimum absolute atomic E-state index is 0.00562. The first-order valence-electron chi connectivity index (χ1n) is 10.5. The van der Waals surface area contributed by atoms with E-state index in [0.717, 1.165) is 44.1 Å². The number of morpholine rings is 1. The first-order valence-corrected chi connectivity index (χ1v) is 10.5. The highest BCUT2D eigenvalue weighted by atomic mass is 16.5. The minimum Gasteiger partial charge on any atom is -0.482 e. The standard InChI is InChI=1S/C23H27N3O4/c27-22(10-11-26-20-8-4-5-9-21(20)30-17-23(26)28)24-19(18-6-2-1-3-7-18)16-25-12-14-29-15-13-25/h1-9,19H,10-17H2,(H,24,27)/p+1/t19-/m1/s1. The number of amides is 2. The molecule has 158 valence electrons. The maximum Gasteiger partial charge on any atom is 0.265 e. The van der Waals surface area contributed by atoms with Crippen LogP contribution in [-0.2, 0) is 14.3 Å². The Balaban J connectivity index is 1.39. The zero-order valence-electron chi connectivity index (χ0n) is 17.0. The molecule has 2 aromatic carbocycles. The van der Waals surface area contributed by atoms with Gasteiger partial charge in [0, 0.05) is 13.0 Å². The van der Waals surface area contributed by atoms with E-state index in [1.54, 1.807) is 4.90 Å². The highest BCUT2D eigenvalue weighted by Crippen LogP contribution is 2.31. The SMILES string of the molecule is O=C(CCN1C(=O)COc2ccccc21)N[C@H](C[NH+]1CCOCC1)c1ccccc1. The summed E-state index contributed by atoms with van der Waals surface area (Å²) in [6.45, 7) is 4.55. The van der Waals surface area contributed by atoms with Crippen LogP contribution in [0.25, 0.3) is 0 Å². The van der Waals surface area contributed by atoms with Gasteiger partial charge in [-0.3, -0.25) is 9.59 Å². The molecule has 0 aromatic heterocycles. The summed E-state index contributed by atoms with van der Waals surface area (Å²) in [5.41, 5.74) is 1.82. The van der Waals surface area contributed by atoms with Crippen LogP contribution in [0.4, 0.5) is 5.69 Å². The number of anilines is 1. The van der Waals surface area contributed by atoms with Crippen LogP contribution in [0.15, 0.2) is 54.6 Å². The number of nitrogens with zero attached hydrogens (tertiary/aromatic N) is 1. The van der Waals surface area contributed by atoms with Crippen LogP contribution >= 0.6 is 0 Å². The lowest BCUT2D eigenvalue weighted by Gasteiger charge is -2.30. The largest absolute Gasteiger partial charge is 0.482 e. The Labute approximate surface area is 176 Å². The van der Waals surface area contributed by atoms with Crippen molar-refractivity contribution in [2.24, 2.45) is 0 Å². The normalized spacial score (nSPS) is 17.7. The predicted octanol–water partition coefficient (Wildman–Crippen LogP) is 0.575. The van der Waals surface area contributed by atoms with E-state index >= 15 is 0 Å². The minimum atomic E-state index is -0.126. The maximum atomic E-state index is 12.8. The van der Waals surface area contributed by atoms with Crippen molar-refractivity contribution in [3.8, 4) is 5.75 Å². The van der Waals surface area contributed by atoms with E-state index in [0.29, 0.717) is 12.3 Å². The second-order valence-corrected chi connectivity index (χ2v) is 7.65. The fraction of sp³-hybridized carbons (Fsp3) is 0.391. The van der Waals surface area contributed by atoms with Crippen molar-refractivity contribution in [3.05, 3.63) is 60.2 Å². The fourth-order valence-electron chi connectivity index (χ4n) is 3.97. The van der Waals surface area contributed by atoms with Crippen LogP contribution < -0.4 is 19.9 Å². The van der Waals surface area contributed by atoms with E-state index in [9.17, 15) is 9.59 Å². The molecule has 7 heteroatoms. The average Bonchev–Trinajstić information content (AvgIpc) is 2.79. The van der Waals surface area contributed by atoms with Crippen molar-refractivity contribution < 1.29 is 24.0 Å². The van der Waals surface area contributed by atoms with Crippen molar-refractivity contribution in [3.63, 3.8) is 0 Å². The maximum absolute atomic E-state index is 12.8. The van der Waals surface area contributed by atoms with E-state index < -0.39 is 0 Å². The number of benzene rings is 2. The van der Waals surface area contributed by atoms with Crippen molar-refractivity contribution >= 4 is 17.5 Å². The molecule has 7 nitrogen and oxygen atoms in total. The van der Waals surface area contributed by atoms with Crippen LogP contribution in [-0.4, -0.2) is 57.8 Å². The van der Waals surface area contributed by atoms with Gasteiger partial charge in [0.1, 0.15) is 31.4 Å². The number of carbonyl (C=O) groups excluding carboxylic acids is 2. The monoisotopic (exact) mass is 410 g/mol.